The lowest BCUT2D eigenvalue weighted by atomic mass is 10.0. The molecule has 0 heterocycles. The molecule has 0 aromatic rings. The molecule has 0 spiro atoms. The molecule has 68 heavy (non-hydrogen) atoms. The van der Waals surface area contributed by atoms with E-state index < -0.39 is 6.10 Å². The van der Waals surface area contributed by atoms with Crippen LogP contribution in [0.1, 0.15) is 361 Å². The summed E-state index contributed by atoms with van der Waals surface area (Å²) in [5, 5.41) is 0. The third kappa shape index (κ3) is 55.3. The molecule has 404 valence electrons. The Kier molecular flexibility index (Phi) is 56.6. The molecule has 0 amide bonds. The molecule has 0 aliphatic heterocycles. The average Bonchev–Trinajstić information content (AvgIpc) is 3.34. The van der Waals surface area contributed by atoms with E-state index in [0.717, 1.165) is 57.8 Å². The van der Waals surface area contributed by atoms with E-state index in [4.69, 9.17) is 14.2 Å². The number of carbonyl (C=O) groups excluding carboxylic acids is 3. The second kappa shape index (κ2) is 58.0. The Hall–Kier alpha value is -1.59. The average molecular weight is 962 g/mol. The van der Waals surface area contributed by atoms with Gasteiger partial charge in [-0.3, -0.25) is 14.4 Å². The highest BCUT2D eigenvalue weighted by Crippen LogP contribution is 2.18. The van der Waals surface area contributed by atoms with Gasteiger partial charge in [0.2, 0.25) is 0 Å². The molecular weight excluding hydrogens is 841 g/mol. The zero-order chi connectivity index (χ0) is 49.3. The Morgan fingerprint density at radius 1 is 0.235 bits per heavy atom. The van der Waals surface area contributed by atoms with Gasteiger partial charge in [0.1, 0.15) is 13.2 Å². The quantitative estimate of drug-likeness (QED) is 0.0343. The summed E-state index contributed by atoms with van der Waals surface area (Å²) in [5.41, 5.74) is 0. The van der Waals surface area contributed by atoms with Crippen LogP contribution in [0.25, 0.3) is 0 Å². The first kappa shape index (κ1) is 66.4. The van der Waals surface area contributed by atoms with E-state index in [1.807, 2.05) is 0 Å². The molecule has 1 unspecified atom stereocenters. The minimum Gasteiger partial charge on any atom is -0.462 e. The zero-order valence-corrected chi connectivity index (χ0v) is 46.4. The molecule has 0 saturated carbocycles. The SMILES string of the molecule is CCCCCCCCCCCCCCCCCCCCCCCCC(=O)OCC(COC(=O)CCCCCCCCCCCCCCC)OC(=O)CCCCCCCCCCCCCCCCC. The van der Waals surface area contributed by atoms with Crippen molar-refractivity contribution in [2.75, 3.05) is 13.2 Å². The first-order valence-corrected chi connectivity index (χ1v) is 31.0. The van der Waals surface area contributed by atoms with Crippen LogP contribution in [0.4, 0.5) is 0 Å². The van der Waals surface area contributed by atoms with Crippen molar-refractivity contribution >= 4 is 17.9 Å². The molecule has 0 aliphatic carbocycles. The van der Waals surface area contributed by atoms with Crippen LogP contribution in [0.2, 0.25) is 0 Å². The molecule has 0 radical (unpaired) electrons. The molecule has 6 nitrogen and oxygen atoms in total. The van der Waals surface area contributed by atoms with E-state index in [2.05, 4.69) is 20.8 Å². The van der Waals surface area contributed by atoms with Crippen molar-refractivity contribution in [3.63, 3.8) is 0 Å². The van der Waals surface area contributed by atoms with Gasteiger partial charge in [-0.2, -0.15) is 0 Å². The van der Waals surface area contributed by atoms with Crippen LogP contribution in [0.15, 0.2) is 0 Å². The highest BCUT2D eigenvalue weighted by molar-refractivity contribution is 5.71. The number of unbranched alkanes of at least 4 members (excludes halogenated alkanes) is 47. The van der Waals surface area contributed by atoms with Crippen LogP contribution in [-0.2, 0) is 28.6 Å². The maximum Gasteiger partial charge on any atom is 0.306 e. The lowest BCUT2D eigenvalue weighted by Crippen LogP contribution is -2.30. The molecule has 1 atom stereocenters. The molecule has 0 aromatic heterocycles. The van der Waals surface area contributed by atoms with E-state index in [9.17, 15) is 14.4 Å². The predicted octanol–water partition coefficient (Wildman–Crippen LogP) is 20.7. The van der Waals surface area contributed by atoms with Crippen LogP contribution in [0, 0.1) is 0 Å². The lowest BCUT2D eigenvalue weighted by Gasteiger charge is -2.18. The number of carbonyl (C=O) groups is 3. The van der Waals surface area contributed by atoms with E-state index in [1.54, 1.807) is 0 Å². The highest BCUT2D eigenvalue weighted by Gasteiger charge is 2.19. The summed E-state index contributed by atoms with van der Waals surface area (Å²) < 4.78 is 16.9. The first-order valence-electron chi connectivity index (χ1n) is 31.0. The van der Waals surface area contributed by atoms with Gasteiger partial charge in [-0.05, 0) is 19.3 Å². The maximum absolute atomic E-state index is 12.9. The van der Waals surface area contributed by atoms with Gasteiger partial charge in [0.05, 0.1) is 0 Å². The number of ether oxygens (including phenoxy) is 3. The van der Waals surface area contributed by atoms with Crippen LogP contribution >= 0.6 is 0 Å². The molecule has 0 bridgehead atoms. The van der Waals surface area contributed by atoms with E-state index in [0.29, 0.717) is 19.3 Å². The van der Waals surface area contributed by atoms with Crippen molar-refractivity contribution in [2.24, 2.45) is 0 Å². The Labute approximate surface area is 425 Å². The Balaban J connectivity index is 4.22. The van der Waals surface area contributed by atoms with Gasteiger partial charge in [-0.15, -0.1) is 0 Å². The largest absolute Gasteiger partial charge is 0.462 e. The van der Waals surface area contributed by atoms with Crippen LogP contribution in [0.3, 0.4) is 0 Å². The van der Waals surface area contributed by atoms with Gasteiger partial charge >= 0.3 is 17.9 Å². The maximum atomic E-state index is 12.9. The van der Waals surface area contributed by atoms with Crippen molar-refractivity contribution in [3.8, 4) is 0 Å². The van der Waals surface area contributed by atoms with Gasteiger partial charge in [0, 0.05) is 19.3 Å². The van der Waals surface area contributed by atoms with Crippen LogP contribution in [-0.4, -0.2) is 37.2 Å². The van der Waals surface area contributed by atoms with E-state index in [-0.39, 0.29) is 31.1 Å². The Bertz CT molecular complexity index is 1010. The van der Waals surface area contributed by atoms with Crippen LogP contribution in [0.5, 0.6) is 0 Å². The fourth-order valence-electron chi connectivity index (χ4n) is 9.68. The molecule has 0 aliphatic rings. The first-order chi connectivity index (χ1) is 33.5. The molecular formula is C62H120O6. The van der Waals surface area contributed by atoms with Gasteiger partial charge < -0.3 is 14.2 Å². The van der Waals surface area contributed by atoms with Crippen molar-refractivity contribution in [1.29, 1.82) is 0 Å². The summed E-state index contributed by atoms with van der Waals surface area (Å²) in [4.78, 5) is 38.2. The topological polar surface area (TPSA) is 78.9 Å². The molecule has 6 heteroatoms. The minimum atomic E-state index is -0.761. The minimum absolute atomic E-state index is 0.0608. The molecule has 0 aromatic carbocycles. The number of hydrogen-bond donors (Lipinski definition) is 0. The second-order valence-corrected chi connectivity index (χ2v) is 21.3. The monoisotopic (exact) mass is 961 g/mol. The number of hydrogen-bond acceptors (Lipinski definition) is 6. The summed E-state index contributed by atoms with van der Waals surface area (Å²) >= 11 is 0. The van der Waals surface area contributed by atoms with Crippen molar-refractivity contribution in [3.05, 3.63) is 0 Å². The fraction of sp³-hybridized carbons (Fsp3) is 0.952. The summed E-state index contributed by atoms with van der Waals surface area (Å²) in [6.07, 6.45) is 65.3. The number of esters is 3. The van der Waals surface area contributed by atoms with Crippen molar-refractivity contribution < 1.29 is 28.6 Å². The summed E-state index contributed by atoms with van der Waals surface area (Å²) in [6, 6.07) is 0. The standard InChI is InChI=1S/C62H120O6/c1-4-7-10-13-16-19-22-25-27-28-29-30-31-32-33-35-37-40-43-46-49-52-55-61(64)67-58-59(57-66-60(63)54-51-48-45-42-39-36-24-21-18-15-12-9-6-3)68-62(65)56-53-50-47-44-41-38-34-26-23-20-17-14-11-8-5-2/h59H,4-58H2,1-3H3. The molecule has 0 N–H and O–H groups in total. The fourth-order valence-corrected chi connectivity index (χ4v) is 9.68. The zero-order valence-electron chi connectivity index (χ0n) is 46.4. The van der Waals surface area contributed by atoms with E-state index >= 15 is 0 Å². The van der Waals surface area contributed by atoms with Gasteiger partial charge in [-0.25, -0.2) is 0 Å². The molecule has 0 fully saturated rings. The van der Waals surface area contributed by atoms with Gasteiger partial charge in [0.15, 0.2) is 6.10 Å². The number of rotatable bonds is 58. The smallest absolute Gasteiger partial charge is 0.306 e. The van der Waals surface area contributed by atoms with E-state index in [1.165, 1.54) is 263 Å². The normalized spacial score (nSPS) is 11.9. The summed E-state index contributed by atoms with van der Waals surface area (Å²) in [5.74, 6) is -0.828. The van der Waals surface area contributed by atoms with Crippen LogP contribution < -0.4 is 0 Å². The van der Waals surface area contributed by atoms with Crippen molar-refractivity contribution in [2.45, 2.75) is 367 Å². The van der Waals surface area contributed by atoms with Gasteiger partial charge in [0.25, 0.3) is 0 Å². The molecule has 0 rings (SSSR count). The summed E-state index contributed by atoms with van der Waals surface area (Å²) in [6.45, 7) is 6.72. The third-order valence-corrected chi connectivity index (χ3v) is 14.4. The van der Waals surface area contributed by atoms with Crippen molar-refractivity contribution in [1.82, 2.24) is 0 Å². The summed E-state index contributed by atoms with van der Waals surface area (Å²) in [7, 11) is 0. The third-order valence-electron chi connectivity index (χ3n) is 14.4. The highest BCUT2D eigenvalue weighted by atomic mass is 16.6. The Morgan fingerprint density at radius 3 is 0.588 bits per heavy atom. The van der Waals surface area contributed by atoms with Gasteiger partial charge in [-0.1, -0.05) is 323 Å². The second-order valence-electron chi connectivity index (χ2n) is 21.3. The Morgan fingerprint density at radius 2 is 0.397 bits per heavy atom. The predicted molar refractivity (Wildman–Crippen MR) is 294 cm³/mol. The lowest BCUT2D eigenvalue weighted by molar-refractivity contribution is -0.167. The molecule has 0 saturated heterocycles.